The van der Waals surface area contributed by atoms with Crippen LogP contribution in [0.3, 0.4) is 0 Å². The number of esters is 2. The summed E-state index contributed by atoms with van der Waals surface area (Å²) in [4.78, 5) is 28.8. The van der Waals surface area contributed by atoms with Crippen LogP contribution in [0.15, 0.2) is 12.7 Å². The lowest BCUT2D eigenvalue weighted by Crippen LogP contribution is -2.17. The van der Waals surface area contributed by atoms with E-state index in [1.165, 1.54) is 13.8 Å². The van der Waals surface area contributed by atoms with Gasteiger partial charge in [0.2, 0.25) is 0 Å². The van der Waals surface area contributed by atoms with E-state index < -0.39 is 17.9 Å². The maximum absolute atomic E-state index is 9.81. The summed E-state index contributed by atoms with van der Waals surface area (Å²) >= 11 is 0. The highest BCUT2D eigenvalue weighted by Crippen LogP contribution is 1.73. The van der Waals surface area contributed by atoms with Gasteiger partial charge in [0.15, 0.2) is 0 Å². The Kier molecular flexibility index (Phi) is 8.06. The van der Waals surface area contributed by atoms with E-state index in [1.54, 1.807) is 0 Å². The molecule has 0 rings (SSSR count). The van der Waals surface area contributed by atoms with Crippen LogP contribution in [0.1, 0.15) is 13.8 Å². The Morgan fingerprint density at radius 3 is 1.50 bits per heavy atom. The zero-order valence-electron chi connectivity index (χ0n) is 6.83. The van der Waals surface area contributed by atoms with Crippen molar-refractivity contribution in [3.63, 3.8) is 0 Å². The molecule has 0 aromatic carbocycles. The first-order chi connectivity index (χ1) is 5.40. The standard InChI is InChI=1S/C4H6O3.C3H4O2/c1-3(5)7-4(2)6;1-2-3(4)5/h1-2H3;2H,1H2,(H,4,5)/p-1. The van der Waals surface area contributed by atoms with Crippen LogP contribution in [0, 0.1) is 0 Å². The summed E-state index contributed by atoms with van der Waals surface area (Å²) in [7, 11) is 0. The molecule has 0 spiro atoms. The molecule has 5 heteroatoms. The number of hydrogen-bond acceptors (Lipinski definition) is 5. The molecule has 0 saturated carbocycles. The summed E-state index contributed by atoms with van der Waals surface area (Å²) in [5.74, 6) is -2.36. The summed E-state index contributed by atoms with van der Waals surface area (Å²) < 4.78 is 3.97. The second kappa shape index (κ2) is 7.46. The minimum atomic E-state index is -1.23. The Bertz CT molecular complexity index is 182. The van der Waals surface area contributed by atoms with Gasteiger partial charge in [-0.15, -0.1) is 0 Å². The molecule has 0 aromatic heterocycles. The van der Waals surface area contributed by atoms with Crippen molar-refractivity contribution in [2.24, 2.45) is 0 Å². The van der Waals surface area contributed by atoms with Crippen LogP contribution in [0.25, 0.3) is 0 Å². The van der Waals surface area contributed by atoms with E-state index in [0.717, 1.165) is 6.08 Å². The summed E-state index contributed by atoms with van der Waals surface area (Å²) in [6.07, 6.45) is 0.722. The van der Waals surface area contributed by atoms with Crippen LogP contribution in [-0.2, 0) is 19.1 Å². The van der Waals surface area contributed by atoms with Crippen molar-refractivity contribution in [2.45, 2.75) is 13.8 Å². The lowest BCUT2D eigenvalue weighted by atomic mass is 10.7. The van der Waals surface area contributed by atoms with Gasteiger partial charge in [-0.1, -0.05) is 6.58 Å². The van der Waals surface area contributed by atoms with Gasteiger partial charge in [-0.3, -0.25) is 9.59 Å². The maximum atomic E-state index is 9.81. The lowest BCUT2D eigenvalue weighted by molar-refractivity contribution is -0.297. The number of carboxylic acids is 1. The van der Waals surface area contributed by atoms with Crippen LogP contribution < -0.4 is 5.11 Å². The zero-order valence-corrected chi connectivity index (χ0v) is 6.83. The van der Waals surface area contributed by atoms with Crippen LogP contribution in [0.2, 0.25) is 0 Å². The molecule has 0 saturated heterocycles. The molecule has 0 heterocycles. The third-order valence-electron chi connectivity index (χ3n) is 0.454. The number of carbonyl (C=O) groups excluding carboxylic acids is 3. The van der Waals surface area contributed by atoms with Gasteiger partial charge >= 0.3 is 11.9 Å². The predicted octanol–water partition coefficient (Wildman–Crippen LogP) is -0.982. The fourth-order valence-corrected chi connectivity index (χ4v) is 0.202. The zero-order chi connectivity index (χ0) is 10.1. The quantitative estimate of drug-likeness (QED) is 0.289. The number of aliphatic carboxylic acids is 1. The van der Waals surface area contributed by atoms with Gasteiger partial charge in [-0.05, 0) is 6.08 Å². The minimum Gasteiger partial charge on any atom is -0.545 e. The largest absolute Gasteiger partial charge is 0.545 e. The fourth-order valence-electron chi connectivity index (χ4n) is 0.202. The molecule has 0 unspecified atom stereocenters. The first kappa shape index (κ1) is 13.0. The Hall–Kier alpha value is -1.65. The summed E-state index contributed by atoms with van der Waals surface area (Å²) in [6, 6.07) is 0. The van der Waals surface area contributed by atoms with E-state index >= 15 is 0 Å². The molecule has 0 N–H and O–H groups in total. The molecule has 0 aliphatic carbocycles. The molecule has 0 aromatic rings. The van der Waals surface area contributed by atoms with Crippen LogP contribution in [0.4, 0.5) is 0 Å². The molecular formula is C7H9O5-. The fraction of sp³-hybridized carbons (Fsp3) is 0.286. The Morgan fingerprint density at radius 2 is 1.50 bits per heavy atom. The lowest BCUT2D eigenvalue weighted by Gasteiger charge is -1.87. The number of hydrogen-bond donors (Lipinski definition) is 0. The molecule has 0 radical (unpaired) electrons. The monoisotopic (exact) mass is 173 g/mol. The average molecular weight is 173 g/mol. The van der Waals surface area contributed by atoms with Crippen LogP contribution in [-0.4, -0.2) is 17.9 Å². The molecule has 5 nitrogen and oxygen atoms in total. The first-order valence-electron chi connectivity index (χ1n) is 2.92. The van der Waals surface area contributed by atoms with Gasteiger partial charge < -0.3 is 14.6 Å². The number of rotatable bonds is 1. The van der Waals surface area contributed by atoms with Crippen LogP contribution in [0.5, 0.6) is 0 Å². The van der Waals surface area contributed by atoms with Gasteiger partial charge in [0.25, 0.3) is 0 Å². The van der Waals surface area contributed by atoms with Crippen molar-refractivity contribution < 1.29 is 24.2 Å². The Labute approximate surface area is 69.6 Å². The van der Waals surface area contributed by atoms with Gasteiger partial charge in [-0.2, -0.15) is 0 Å². The average Bonchev–Trinajstić information content (AvgIpc) is 1.85. The van der Waals surface area contributed by atoms with E-state index in [-0.39, 0.29) is 0 Å². The number of ether oxygens (including phenoxy) is 1. The maximum Gasteiger partial charge on any atom is 0.310 e. The summed E-state index contributed by atoms with van der Waals surface area (Å²) in [5, 5.41) is 9.14. The van der Waals surface area contributed by atoms with Gasteiger partial charge in [0, 0.05) is 13.8 Å². The Balaban J connectivity index is 0. The molecule has 0 aliphatic heterocycles. The minimum absolute atomic E-state index is 0.562. The number of carboxylic acid groups (broad SMARTS) is 1. The molecule has 68 valence electrons. The van der Waals surface area contributed by atoms with Crippen molar-refractivity contribution >= 4 is 17.9 Å². The van der Waals surface area contributed by atoms with E-state index in [1.807, 2.05) is 0 Å². The van der Waals surface area contributed by atoms with Crippen molar-refractivity contribution in [1.29, 1.82) is 0 Å². The van der Waals surface area contributed by atoms with Gasteiger partial charge in [-0.25, -0.2) is 0 Å². The number of carbonyl (C=O) groups is 3. The van der Waals surface area contributed by atoms with Gasteiger partial charge in [0.05, 0.1) is 5.97 Å². The van der Waals surface area contributed by atoms with E-state index in [4.69, 9.17) is 9.90 Å². The highest BCUT2D eigenvalue weighted by Gasteiger charge is 1.93. The SMILES string of the molecule is C=CC(=O)[O-].CC(=O)OC(C)=O. The van der Waals surface area contributed by atoms with Crippen molar-refractivity contribution in [1.82, 2.24) is 0 Å². The molecule has 0 aliphatic rings. The molecule has 0 atom stereocenters. The van der Waals surface area contributed by atoms with Crippen LogP contribution >= 0.6 is 0 Å². The molecular weight excluding hydrogens is 164 g/mol. The second-order valence-corrected chi connectivity index (χ2v) is 1.61. The highest BCUT2D eigenvalue weighted by atomic mass is 16.6. The topological polar surface area (TPSA) is 83.5 Å². The third-order valence-corrected chi connectivity index (χ3v) is 0.454. The normalized spacial score (nSPS) is 7.17. The molecule has 12 heavy (non-hydrogen) atoms. The van der Waals surface area contributed by atoms with E-state index in [2.05, 4.69) is 11.3 Å². The highest BCUT2D eigenvalue weighted by molar-refractivity contribution is 5.82. The van der Waals surface area contributed by atoms with Crippen molar-refractivity contribution in [3.05, 3.63) is 12.7 Å². The Morgan fingerprint density at radius 1 is 1.25 bits per heavy atom. The molecule has 0 fully saturated rings. The second-order valence-electron chi connectivity index (χ2n) is 1.61. The van der Waals surface area contributed by atoms with Gasteiger partial charge in [0.1, 0.15) is 0 Å². The van der Waals surface area contributed by atoms with E-state index in [9.17, 15) is 9.59 Å². The summed E-state index contributed by atoms with van der Waals surface area (Å²) in [6.45, 7) is 5.26. The predicted molar refractivity (Wildman–Crippen MR) is 37.7 cm³/mol. The smallest absolute Gasteiger partial charge is 0.310 e. The molecule has 0 bridgehead atoms. The van der Waals surface area contributed by atoms with E-state index in [0.29, 0.717) is 0 Å². The van der Waals surface area contributed by atoms with Crippen molar-refractivity contribution in [3.8, 4) is 0 Å². The first-order valence-corrected chi connectivity index (χ1v) is 2.92. The molecule has 0 amide bonds. The van der Waals surface area contributed by atoms with Crippen molar-refractivity contribution in [2.75, 3.05) is 0 Å². The summed E-state index contributed by atoms with van der Waals surface area (Å²) in [5.41, 5.74) is 0. The third kappa shape index (κ3) is 23.8.